The Morgan fingerprint density at radius 1 is 1.20 bits per heavy atom. The van der Waals surface area contributed by atoms with Gasteiger partial charge in [0.15, 0.2) is 0 Å². The van der Waals surface area contributed by atoms with Crippen LogP contribution in [0.5, 0.6) is 0 Å². The van der Waals surface area contributed by atoms with Crippen LogP contribution in [0.2, 0.25) is 5.02 Å². The maximum atomic E-state index is 6.06. The fourth-order valence-corrected chi connectivity index (χ4v) is 3.78. The molecule has 1 nitrogen and oxygen atoms in total. The van der Waals surface area contributed by atoms with Crippen molar-refractivity contribution in [3.8, 4) is 0 Å². The zero-order chi connectivity index (χ0) is 13.9. The Morgan fingerprint density at radius 3 is 2.80 bits per heavy atom. The largest absolute Gasteiger partial charge is 0.310 e. The lowest BCUT2D eigenvalue weighted by Gasteiger charge is -2.11. The van der Waals surface area contributed by atoms with Crippen molar-refractivity contribution in [1.82, 2.24) is 5.32 Å². The van der Waals surface area contributed by atoms with Gasteiger partial charge in [-0.15, -0.1) is 0 Å². The first-order valence-electron chi connectivity index (χ1n) is 6.66. The van der Waals surface area contributed by atoms with E-state index in [2.05, 4.69) is 45.5 Å². The lowest BCUT2D eigenvalue weighted by atomic mass is 10.2. The lowest BCUT2D eigenvalue weighted by molar-refractivity contribution is 0.680. The number of hydrogen-bond donors (Lipinski definition) is 1. The van der Waals surface area contributed by atoms with E-state index in [9.17, 15) is 0 Å². The summed E-state index contributed by atoms with van der Waals surface area (Å²) in [5.41, 5.74) is 1.34. The highest BCUT2D eigenvalue weighted by Gasteiger charge is 2.20. The molecule has 0 aromatic heterocycles. The van der Waals surface area contributed by atoms with Crippen LogP contribution in [0.4, 0.5) is 0 Å². The molecule has 4 heteroatoms. The second-order valence-corrected chi connectivity index (χ2v) is 7.43. The van der Waals surface area contributed by atoms with Gasteiger partial charge in [0.2, 0.25) is 0 Å². The van der Waals surface area contributed by atoms with Crippen LogP contribution in [0.25, 0.3) is 0 Å². The molecule has 0 radical (unpaired) electrons. The Balaban J connectivity index is 1.80. The third-order valence-corrected chi connectivity index (χ3v) is 5.03. The molecule has 2 aromatic rings. The number of rotatable bonds is 5. The van der Waals surface area contributed by atoms with Gasteiger partial charge in [-0.05, 0) is 48.7 Å². The van der Waals surface area contributed by atoms with Gasteiger partial charge in [-0.1, -0.05) is 51.4 Å². The summed E-state index contributed by atoms with van der Waals surface area (Å²) in [4.78, 5) is 2.44. The van der Waals surface area contributed by atoms with E-state index in [1.807, 2.05) is 18.2 Å². The second-order valence-electron chi connectivity index (χ2n) is 4.97. The van der Waals surface area contributed by atoms with Crippen molar-refractivity contribution in [1.29, 1.82) is 0 Å². The van der Waals surface area contributed by atoms with Gasteiger partial charge in [0.05, 0.1) is 0 Å². The Kier molecular flexibility index (Phi) is 4.72. The average Bonchev–Trinajstić information content (AvgIpc) is 3.22. The summed E-state index contributed by atoms with van der Waals surface area (Å²) < 4.78 is 1.11. The van der Waals surface area contributed by atoms with Gasteiger partial charge in [-0.25, -0.2) is 0 Å². The highest BCUT2D eigenvalue weighted by atomic mass is 79.9. The van der Waals surface area contributed by atoms with Crippen molar-refractivity contribution in [2.75, 3.05) is 0 Å². The Labute approximate surface area is 137 Å². The van der Waals surface area contributed by atoms with Crippen LogP contribution in [-0.2, 0) is 6.54 Å². The first-order chi connectivity index (χ1) is 9.70. The molecule has 0 bridgehead atoms. The van der Waals surface area contributed by atoms with E-state index in [0.717, 1.165) is 22.1 Å². The van der Waals surface area contributed by atoms with E-state index in [1.165, 1.54) is 28.2 Å². The third-order valence-electron chi connectivity index (χ3n) is 3.21. The molecular formula is C16H15BrClNS. The first kappa shape index (κ1) is 14.5. The van der Waals surface area contributed by atoms with Crippen molar-refractivity contribution >= 4 is 39.3 Å². The standard InChI is InChI=1S/C16H15BrClNS/c17-12-5-4-11(10-19-14-6-7-14)16(8-12)20-15-3-1-2-13(18)9-15/h1-5,8-9,14,19H,6-7,10H2. The van der Waals surface area contributed by atoms with Crippen molar-refractivity contribution in [2.24, 2.45) is 0 Å². The molecule has 0 atom stereocenters. The normalized spacial score (nSPS) is 14.5. The first-order valence-corrected chi connectivity index (χ1v) is 8.65. The third kappa shape index (κ3) is 4.01. The highest BCUT2D eigenvalue weighted by molar-refractivity contribution is 9.10. The monoisotopic (exact) mass is 367 g/mol. The fourth-order valence-electron chi connectivity index (χ4n) is 1.97. The summed E-state index contributed by atoms with van der Waals surface area (Å²) in [5.74, 6) is 0. The molecule has 0 saturated heterocycles. The maximum Gasteiger partial charge on any atom is 0.0417 e. The van der Waals surface area contributed by atoms with Gasteiger partial charge in [0.1, 0.15) is 0 Å². The molecule has 104 valence electrons. The van der Waals surface area contributed by atoms with E-state index in [0.29, 0.717) is 0 Å². The molecule has 0 aliphatic heterocycles. The maximum absolute atomic E-state index is 6.06. The quantitative estimate of drug-likeness (QED) is 0.747. The second kappa shape index (κ2) is 6.52. The van der Waals surface area contributed by atoms with Crippen LogP contribution < -0.4 is 5.32 Å². The topological polar surface area (TPSA) is 12.0 Å². The van der Waals surface area contributed by atoms with E-state index >= 15 is 0 Å². The molecule has 1 fully saturated rings. The smallest absolute Gasteiger partial charge is 0.0417 e. The van der Waals surface area contributed by atoms with E-state index < -0.39 is 0 Å². The zero-order valence-corrected chi connectivity index (χ0v) is 14.1. The minimum absolute atomic E-state index is 0.725. The summed E-state index contributed by atoms with van der Waals surface area (Å²) in [7, 11) is 0. The molecule has 0 amide bonds. The van der Waals surface area contributed by atoms with Crippen LogP contribution in [0, 0.1) is 0 Å². The van der Waals surface area contributed by atoms with Gasteiger partial charge in [-0.2, -0.15) is 0 Å². The fraction of sp³-hybridized carbons (Fsp3) is 0.250. The van der Waals surface area contributed by atoms with Crippen LogP contribution >= 0.6 is 39.3 Å². The number of nitrogens with one attached hydrogen (secondary N) is 1. The van der Waals surface area contributed by atoms with Gasteiger partial charge in [0.25, 0.3) is 0 Å². The predicted octanol–water partition coefficient (Wildman–Crippen LogP) is 5.51. The summed E-state index contributed by atoms with van der Waals surface area (Å²) in [5, 5.41) is 4.36. The number of hydrogen-bond acceptors (Lipinski definition) is 2. The molecular weight excluding hydrogens is 354 g/mol. The van der Waals surface area contributed by atoms with Crippen molar-refractivity contribution in [2.45, 2.75) is 35.2 Å². The van der Waals surface area contributed by atoms with Crippen molar-refractivity contribution in [3.05, 3.63) is 57.5 Å². The Bertz CT molecular complexity index is 613. The van der Waals surface area contributed by atoms with Crippen LogP contribution in [0.15, 0.2) is 56.7 Å². The predicted molar refractivity (Wildman–Crippen MR) is 89.6 cm³/mol. The SMILES string of the molecule is Clc1cccc(Sc2cc(Br)ccc2CNC2CC2)c1. The molecule has 1 saturated carbocycles. The Hall–Kier alpha value is -0.480. The average molecular weight is 369 g/mol. The van der Waals surface area contributed by atoms with E-state index in [-0.39, 0.29) is 0 Å². The van der Waals surface area contributed by atoms with Crippen molar-refractivity contribution < 1.29 is 0 Å². The minimum Gasteiger partial charge on any atom is -0.310 e. The number of halogens is 2. The van der Waals surface area contributed by atoms with Gasteiger partial charge in [-0.3, -0.25) is 0 Å². The van der Waals surface area contributed by atoms with Crippen LogP contribution in [0.1, 0.15) is 18.4 Å². The molecule has 2 aromatic carbocycles. The van der Waals surface area contributed by atoms with Crippen molar-refractivity contribution in [3.63, 3.8) is 0 Å². The van der Waals surface area contributed by atoms with Gasteiger partial charge >= 0.3 is 0 Å². The number of benzene rings is 2. The van der Waals surface area contributed by atoms with Gasteiger partial charge in [0, 0.05) is 31.9 Å². The summed E-state index contributed by atoms with van der Waals surface area (Å²) in [6.07, 6.45) is 2.63. The Morgan fingerprint density at radius 2 is 2.05 bits per heavy atom. The van der Waals surface area contributed by atoms with E-state index in [4.69, 9.17) is 11.6 Å². The van der Waals surface area contributed by atoms with Crippen LogP contribution in [-0.4, -0.2) is 6.04 Å². The molecule has 1 N–H and O–H groups in total. The summed E-state index contributed by atoms with van der Waals surface area (Å²) in [6, 6.07) is 15.2. The zero-order valence-electron chi connectivity index (χ0n) is 10.9. The molecule has 1 aliphatic carbocycles. The molecule has 0 spiro atoms. The summed E-state index contributed by atoms with van der Waals surface area (Å²) >= 11 is 11.4. The molecule has 3 rings (SSSR count). The van der Waals surface area contributed by atoms with Crippen LogP contribution in [0.3, 0.4) is 0 Å². The lowest BCUT2D eigenvalue weighted by Crippen LogP contribution is -2.15. The molecule has 1 aliphatic rings. The molecule has 20 heavy (non-hydrogen) atoms. The minimum atomic E-state index is 0.725. The van der Waals surface area contributed by atoms with E-state index in [1.54, 1.807) is 11.8 Å². The molecule has 0 unspecified atom stereocenters. The highest BCUT2D eigenvalue weighted by Crippen LogP contribution is 2.34. The summed E-state index contributed by atoms with van der Waals surface area (Å²) in [6.45, 7) is 0.931. The van der Waals surface area contributed by atoms with Gasteiger partial charge < -0.3 is 5.32 Å². The molecule has 0 heterocycles.